The third-order valence-electron chi connectivity index (χ3n) is 3.02. The molecule has 1 atom stereocenters. The van der Waals surface area contributed by atoms with Crippen LogP contribution in [0.1, 0.15) is 37.3 Å². The van der Waals surface area contributed by atoms with Crippen LogP contribution in [0.4, 0.5) is 0 Å². The maximum atomic E-state index is 6.31. The normalized spacial score (nSPS) is 18.1. The summed E-state index contributed by atoms with van der Waals surface area (Å²) in [6.45, 7) is 0. The smallest absolute Gasteiger partial charge is 0.0522 e. The van der Waals surface area contributed by atoms with Gasteiger partial charge in [0.15, 0.2) is 0 Å². The highest BCUT2D eigenvalue weighted by molar-refractivity contribution is 9.11. The minimum Gasteiger partial charge on any atom is -0.321 e. The van der Waals surface area contributed by atoms with Gasteiger partial charge in [0.25, 0.3) is 0 Å². The molecule has 1 nitrogen and oxygen atoms in total. The Bertz CT molecular complexity index is 412. The Morgan fingerprint density at radius 3 is 2.62 bits per heavy atom. The van der Waals surface area contributed by atoms with E-state index in [1.807, 2.05) is 6.07 Å². The standard InChI is InChI=1S/C13H15Br2N/c14-10-6-7-11(12(15)8-10)13(16)9-4-2-1-3-5-9/h4,6-8,13H,1-3,5,16H2. The van der Waals surface area contributed by atoms with E-state index in [-0.39, 0.29) is 6.04 Å². The van der Waals surface area contributed by atoms with Gasteiger partial charge in [0.2, 0.25) is 0 Å². The van der Waals surface area contributed by atoms with E-state index in [0.29, 0.717) is 0 Å². The van der Waals surface area contributed by atoms with Crippen LogP contribution in [0.25, 0.3) is 0 Å². The van der Waals surface area contributed by atoms with Gasteiger partial charge in [0.05, 0.1) is 6.04 Å². The number of benzene rings is 1. The fourth-order valence-electron chi connectivity index (χ4n) is 2.10. The Labute approximate surface area is 113 Å². The molecule has 86 valence electrons. The van der Waals surface area contributed by atoms with Crippen LogP contribution in [-0.2, 0) is 0 Å². The summed E-state index contributed by atoms with van der Waals surface area (Å²) >= 11 is 7.03. The van der Waals surface area contributed by atoms with Gasteiger partial charge < -0.3 is 5.73 Å². The maximum absolute atomic E-state index is 6.31. The van der Waals surface area contributed by atoms with Gasteiger partial charge in [0, 0.05) is 8.95 Å². The number of hydrogen-bond donors (Lipinski definition) is 1. The summed E-state index contributed by atoms with van der Waals surface area (Å²) in [5.41, 5.74) is 8.87. The van der Waals surface area contributed by atoms with Crippen molar-refractivity contribution in [2.75, 3.05) is 0 Å². The fourth-order valence-corrected chi connectivity index (χ4v) is 3.39. The summed E-state index contributed by atoms with van der Waals surface area (Å²) in [6.07, 6.45) is 7.20. The molecule has 1 aliphatic carbocycles. The molecule has 1 aliphatic rings. The first-order valence-electron chi connectivity index (χ1n) is 5.58. The number of rotatable bonds is 2. The molecule has 0 saturated heterocycles. The molecule has 0 radical (unpaired) electrons. The first-order valence-corrected chi connectivity index (χ1v) is 7.16. The van der Waals surface area contributed by atoms with E-state index in [0.717, 1.165) is 15.4 Å². The molecule has 2 N–H and O–H groups in total. The number of allylic oxidation sites excluding steroid dienone is 1. The molecule has 0 bridgehead atoms. The lowest BCUT2D eigenvalue weighted by atomic mass is 9.90. The quantitative estimate of drug-likeness (QED) is 0.772. The minimum absolute atomic E-state index is 0.0442. The highest BCUT2D eigenvalue weighted by Crippen LogP contribution is 2.33. The largest absolute Gasteiger partial charge is 0.321 e. The van der Waals surface area contributed by atoms with Crippen molar-refractivity contribution in [2.24, 2.45) is 5.73 Å². The third kappa shape index (κ3) is 2.76. The molecule has 0 heterocycles. The molecule has 1 unspecified atom stereocenters. The molecule has 3 heteroatoms. The summed E-state index contributed by atoms with van der Waals surface area (Å²) in [5, 5.41) is 0. The highest BCUT2D eigenvalue weighted by Gasteiger charge is 2.16. The average molecular weight is 345 g/mol. The number of nitrogens with two attached hydrogens (primary N) is 1. The zero-order chi connectivity index (χ0) is 11.5. The van der Waals surface area contributed by atoms with Crippen LogP contribution >= 0.6 is 31.9 Å². The molecule has 0 spiro atoms. The van der Waals surface area contributed by atoms with Crippen molar-refractivity contribution < 1.29 is 0 Å². The number of halogens is 2. The van der Waals surface area contributed by atoms with Crippen LogP contribution < -0.4 is 5.73 Å². The molecule has 2 rings (SSSR count). The van der Waals surface area contributed by atoms with E-state index in [1.165, 1.54) is 30.4 Å². The Morgan fingerprint density at radius 1 is 1.19 bits per heavy atom. The Morgan fingerprint density at radius 2 is 2.00 bits per heavy atom. The van der Waals surface area contributed by atoms with Gasteiger partial charge in [-0.25, -0.2) is 0 Å². The zero-order valence-corrected chi connectivity index (χ0v) is 12.2. The van der Waals surface area contributed by atoms with E-state index >= 15 is 0 Å². The summed E-state index contributed by atoms with van der Waals surface area (Å²) < 4.78 is 2.16. The van der Waals surface area contributed by atoms with Crippen LogP contribution in [0.3, 0.4) is 0 Å². The molecule has 0 amide bonds. The maximum Gasteiger partial charge on any atom is 0.0522 e. The van der Waals surface area contributed by atoms with Gasteiger partial charge in [-0.3, -0.25) is 0 Å². The van der Waals surface area contributed by atoms with Crippen LogP contribution in [0.2, 0.25) is 0 Å². The minimum atomic E-state index is 0.0442. The molecular formula is C13H15Br2N. The monoisotopic (exact) mass is 343 g/mol. The van der Waals surface area contributed by atoms with Gasteiger partial charge in [-0.15, -0.1) is 0 Å². The molecule has 0 fully saturated rings. The van der Waals surface area contributed by atoms with Crippen molar-refractivity contribution in [3.8, 4) is 0 Å². The lowest BCUT2D eigenvalue weighted by Crippen LogP contribution is -2.15. The second-order valence-electron chi connectivity index (χ2n) is 4.17. The first kappa shape index (κ1) is 12.3. The predicted octanol–water partition coefficient (Wildman–Crippen LogP) is 4.71. The van der Waals surface area contributed by atoms with E-state index in [2.05, 4.69) is 50.1 Å². The summed E-state index contributed by atoms with van der Waals surface area (Å²) in [5.74, 6) is 0. The molecule has 1 aromatic carbocycles. The van der Waals surface area contributed by atoms with Crippen molar-refractivity contribution in [1.29, 1.82) is 0 Å². The Balaban J connectivity index is 2.26. The molecule has 0 saturated carbocycles. The van der Waals surface area contributed by atoms with E-state index in [1.54, 1.807) is 0 Å². The second kappa shape index (κ2) is 5.48. The molecule has 1 aromatic rings. The van der Waals surface area contributed by atoms with Gasteiger partial charge in [-0.05, 0) is 43.4 Å². The predicted molar refractivity (Wildman–Crippen MR) is 75.3 cm³/mol. The summed E-state index contributed by atoms with van der Waals surface area (Å²) in [4.78, 5) is 0. The Hall–Kier alpha value is -0.120. The Kier molecular flexibility index (Phi) is 4.22. The topological polar surface area (TPSA) is 26.0 Å². The van der Waals surface area contributed by atoms with Crippen molar-refractivity contribution in [2.45, 2.75) is 31.7 Å². The van der Waals surface area contributed by atoms with Crippen molar-refractivity contribution in [3.05, 3.63) is 44.4 Å². The zero-order valence-electron chi connectivity index (χ0n) is 9.05. The van der Waals surface area contributed by atoms with Gasteiger partial charge in [0.1, 0.15) is 0 Å². The lowest BCUT2D eigenvalue weighted by Gasteiger charge is -2.21. The third-order valence-corrected chi connectivity index (χ3v) is 4.20. The summed E-state index contributed by atoms with van der Waals surface area (Å²) in [7, 11) is 0. The SMILES string of the molecule is NC(C1=CCCCC1)c1ccc(Br)cc1Br. The van der Waals surface area contributed by atoms with Gasteiger partial charge >= 0.3 is 0 Å². The van der Waals surface area contributed by atoms with Crippen LogP contribution in [0.15, 0.2) is 38.8 Å². The van der Waals surface area contributed by atoms with E-state index < -0.39 is 0 Å². The van der Waals surface area contributed by atoms with Crippen LogP contribution in [0.5, 0.6) is 0 Å². The lowest BCUT2D eigenvalue weighted by molar-refractivity contribution is 0.647. The van der Waals surface area contributed by atoms with Crippen molar-refractivity contribution in [1.82, 2.24) is 0 Å². The molecule has 0 aromatic heterocycles. The van der Waals surface area contributed by atoms with Crippen LogP contribution in [-0.4, -0.2) is 0 Å². The number of hydrogen-bond acceptors (Lipinski definition) is 1. The molecule has 16 heavy (non-hydrogen) atoms. The average Bonchev–Trinajstić information content (AvgIpc) is 2.29. The molecular weight excluding hydrogens is 330 g/mol. The fraction of sp³-hybridized carbons (Fsp3) is 0.385. The van der Waals surface area contributed by atoms with Gasteiger partial charge in [-0.2, -0.15) is 0 Å². The van der Waals surface area contributed by atoms with E-state index in [4.69, 9.17) is 5.73 Å². The highest BCUT2D eigenvalue weighted by atomic mass is 79.9. The molecule has 0 aliphatic heterocycles. The first-order chi connectivity index (χ1) is 7.68. The van der Waals surface area contributed by atoms with Crippen molar-refractivity contribution >= 4 is 31.9 Å². The van der Waals surface area contributed by atoms with Crippen LogP contribution in [0, 0.1) is 0 Å². The summed E-state index contributed by atoms with van der Waals surface area (Å²) in [6, 6.07) is 6.23. The van der Waals surface area contributed by atoms with Gasteiger partial charge in [-0.1, -0.05) is 49.6 Å². The van der Waals surface area contributed by atoms with E-state index in [9.17, 15) is 0 Å². The van der Waals surface area contributed by atoms with Crippen molar-refractivity contribution in [3.63, 3.8) is 0 Å². The second-order valence-corrected chi connectivity index (χ2v) is 5.94.